The van der Waals surface area contributed by atoms with Gasteiger partial charge in [0.1, 0.15) is 5.02 Å². The molecule has 3 N–H and O–H groups in total. The summed E-state index contributed by atoms with van der Waals surface area (Å²) >= 11 is 5.86. The van der Waals surface area contributed by atoms with E-state index in [1.165, 1.54) is 12.6 Å². The summed E-state index contributed by atoms with van der Waals surface area (Å²) in [5.74, 6) is 0. The summed E-state index contributed by atoms with van der Waals surface area (Å²) in [4.78, 5) is 11.2. The van der Waals surface area contributed by atoms with Crippen LogP contribution in [0.3, 0.4) is 0 Å². The molecule has 1 fully saturated rings. The van der Waals surface area contributed by atoms with Crippen LogP contribution in [0.1, 0.15) is 25.7 Å². The number of nitrogens with one attached hydrogen (secondary N) is 2. The highest BCUT2D eigenvalue weighted by molar-refractivity contribution is 6.32. The van der Waals surface area contributed by atoms with Crippen LogP contribution in [-0.4, -0.2) is 28.5 Å². The highest BCUT2D eigenvalue weighted by Crippen LogP contribution is 2.43. The van der Waals surface area contributed by atoms with E-state index in [1.54, 1.807) is 0 Å². The smallest absolute Gasteiger partial charge is 0.285 e. The van der Waals surface area contributed by atoms with E-state index in [1.807, 2.05) is 0 Å². The number of halogens is 1. The van der Waals surface area contributed by atoms with Gasteiger partial charge in [0.2, 0.25) is 0 Å². The Kier molecular flexibility index (Phi) is 3.69. The fourth-order valence-electron chi connectivity index (χ4n) is 2.22. The van der Waals surface area contributed by atoms with E-state index in [4.69, 9.17) is 16.7 Å². The Bertz CT molecular complexity index is 443. The van der Waals surface area contributed by atoms with Gasteiger partial charge in [0.15, 0.2) is 0 Å². The second kappa shape index (κ2) is 5.06. The number of anilines is 1. The summed E-state index contributed by atoms with van der Waals surface area (Å²) < 4.78 is 0. The first-order chi connectivity index (χ1) is 8.17. The lowest BCUT2D eigenvalue weighted by Gasteiger charge is -2.42. The highest BCUT2D eigenvalue weighted by atomic mass is 35.5. The molecule has 1 aliphatic carbocycles. The molecule has 17 heavy (non-hydrogen) atoms. The van der Waals surface area contributed by atoms with Crippen LogP contribution < -0.4 is 10.9 Å². The fourth-order valence-corrected chi connectivity index (χ4v) is 2.38. The van der Waals surface area contributed by atoms with Crippen LogP contribution in [0.25, 0.3) is 0 Å². The summed E-state index contributed by atoms with van der Waals surface area (Å²) in [5.41, 5.74) is 0.321. The van der Waals surface area contributed by atoms with E-state index in [-0.39, 0.29) is 22.6 Å². The molecule has 0 spiro atoms. The van der Waals surface area contributed by atoms with E-state index >= 15 is 0 Å². The number of aromatic amines is 1. The molecule has 0 aliphatic heterocycles. The van der Waals surface area contributed by atoms with Gasteiger partial charge in [-0.15, -0.1) is 0 Å². The van der Waals surface area contributed by atoms with Crippen LogP contribution in [0.2, 0.25) is 5.02 Å². The topological polar surface area (TPSA) is 78.0 Å². The summed E-state index contributed by atoms with van der Waals surface area (Å²) in [6.45, 7) is 0.918. The predicted octanol–water partition coefficient (Wildman–Crippen LogP) is 1.39. The van der Waals surface area contributed by atoms with Crippen molar-refractivity contribution in [3.63, 3.8) is 0 Å². The lowest BCUT2D eigenvalue weighted by molar-refractivity contribution is 0.102. The number of aromatic nitrogens is 2. The van der Waals surface area contributed by atoms with Crippen LogP contribution in [0, 0.1) is 5.41 Å². The molecule has 0 amide bonds. The summed E-state index contributed by atoms with van der Waals surface area (Å²) in [6.07, 6.45) is 5.70. The molecule has 1 aromatic heterocycles. The van der Waals surface area contributed by atoms with Gasteiger partial charge in [-0.2, -0.15) is 5.10 Å². The standard InChI is InChI=1S/C11H16ClN3O2/c12-9-8(6-14-15-10(9)17)13-7-11(4-5-16)2-1-3-11/h6,16H,1-5,7H2,(H2,13,15,17). The molecule has 0 aromatic carbocycles. The van der Waals surface area contributed by atoms with Gasteiger partial charge in [0, 0.05) is 13.2 Å². The van der Waals surface area contributed by atoms with Gasteiger partial charge in [0.05, 0.1) is 11.9 Å². The maximum absolute atomic E-state index is 11.2. The van der Waals surface area contributed by atoms with Crippen molar-refractivity contribution >= 4 is 17.3 Å². The van der Waals surface area contributed by atoms with Gasteiger partial charge < -0.3 is 10.4 Å². The molecule has 0 saturated heterocycles. The Morgan fingerprint density at radius 1 is 1.59 bits per heavy atom. The Labute approximate surface area is 104 Å². The number of hydrogen-bond donors (Lipinski definition) is 3. The highest BCUT2D eigenvalue weighted by Gasteiger charge is 2.36. The third-order valence-electron chi connectivity index (χ3n) is 3.51. The van der Waals surface area contributed by atoms with Crippen molar-refractivity contribution in [1.29, 1.82) is 0 Å². The number of H-pyrrole nitrogens is 1. The molecule has 6 heteroatoms. The van der Waals surface area contributed by atoms with E-state index in [0.717, 1.165) is 25.8 Å². The molecule has 1 aliphatic rings. The molecule has 0 unspecified atom stereocenters. The molecule has 1 heterocycles. The minimum Gasteiger partial charge on any atom is -0.396 e. The molecule has 0 atom stereocenters. The summed E-state index contributed by atoms with van der Waals surface area (Å²) in [6, 6.07) is 0. The summed E-state index contributed by atoms with van der Waals surface area (Å²) in [5, 5.41) is 18.3. The van der Waals surface area contributed by atoms with Crippen LogP contribution >= 0.6 is 11.6 Å². The largest absolute Gasteiger partial charge is 0.396 e. The zero-order chi connectivity index (χ0) is 12.3. The average Bonchev–Trinajstić information content (AvgIpc) is 2.27. The van der Waals surface area contributed by atoms with Crippen LogP contribution in [0.5, 0.6) is 0 Å². The van der Waals surface area contributed by atoms with Gasteiger partial charge in [-0.05, 0) is 24.7 Å². The van der Waals surface area contributed by atoms with E-state index in [0.29, 0.717) is 5.69 Å². The minimum absolute atomic E-state index is 0.137. The zero-order valence-electron chi connectivity index (χ0n) is 9.50. The Morgan fingerprint density at radius 3 is 2.94 bits per heavy atom. The van der Waals surface area contributed by atoms with Gasteiger partial charge in [-0.25, -0.2) is 5.10 Å². The van der Waals surface area contributed by atoms with Gasteiger partial charge >= 0.3 is 0 Å². The molecule has 1 aromatic rings. The molecular weight excluding hydrogens is 242 g/mol. The third kappa shape index (κ3) is 2.61. The van der Waals surface area contributed by atoms with Crippen LogP contribution in [0.4, 0.5) is 5.69 Å². The lowest BCUT2D eigenvalue weighted by atomic mass is 9.67. The van der Waals surface area contributed by atoms with Crippen molar-refractivity contribution in [1.82, 2.24) is 10.2 Å². The molecule has 94 valence electrons. The zero-order valence-corrected chi connectivity index (χ0v) is 10.3. The number of nitrogens with zero attached hydrogens (tertiary/aromatic N) is 1. The van der Waals surface area contributed by atoms with Crippen molar-refractivity contribution in [2.75, 3.05) is 18.5 Å². The van der Waals surface area contributed by atoms with Crippen molar-refractivity contribution in [3.8, 4) is 0 Å². The van der Waals surface area contributed by atoms with Crippen molar-refractivity contribution in [3.05, 3.63) is 21.6 Å². The first-order valence-electron chi connectivity index (χ1n) is 5.75. The van der Waals surface area contributed by atoms with E-state index in [9.17, 15) is 4.79 Å². The minimum atomic E-state index is -0.388. The third-order valence-corrected chi connectivity index (χ3v) is 3.88. The molecule has 0 radical (unpaired) electrons. The normalized spacial score (nSPS) is 17.5. The van der Waals surface area contributed by atoms with Crippen molar-refractivity contribution < 1.29 is 5.11 Å². The number of aliphatic hydroxyl groups excluding tert-OH is 1. The number of rotatable bonds is 5. The first-order valence-corrected chi connectivity index (χ1v) is 6.13. The summed E-state index contributed by atoms with van der Waals surface area (Å²) in [7, 11) is 0. The second-order valence-electron chi connectivity index (χ2n) is 4.61. The quantitative estimate of drug-likeness (QED) is 0.745. The van der Waals surface area contributed by atoms with E-state index in [2.05, 4.69) is 15.5 Å². The Hall–Kier alpha value is -1.07. The maximum atomic E-state index is 11.2. The molecule has 0 bridgehead atoms. The number of aliphatic hydroxyl groups is 1. The van der Waals surface area contributed by atoms with Crippen molar-refractivity contribution in [2.24, 2.45) is 5.41 Å². The molecule has 1 saturated carbocycles. The van der Waals surface area contributed by atoms with Gasteiger partial charge in [-0.1, -0.05) is 18.0 Å². The molecule has 5 nitrogen and oxygen atoms in total. The SMILES string of the molecule is O=c1[nH]ncc(NCC2(CCO)CCC2)c1Cl. The molecular formula is C11H16ClN3O2. The number of hydrogen-bond acceptors (Lipinski definition) is 4. The fraction of sp³-hybridized carbons (Fsp3) is 0.636. The predicted molar refractivity (Wildman–Crippen MR) is 66.3 cm³/mol. The van der Waals surface area contributed by atoms with Crippen LogP contribution in [0.15, 0.2) is 11.0 Å². The Morgan fingerprint density at radius 2 is 2.35 bits per heavy atom. The molecule has 2 rings (SSSR count). The average molecular weight is 258 g/mol. The lowest BCUT2D eigenvalue weighted by Crippen LogP contribution is -2.37. The Balaban J connectivity index is 2.02. The second-order valence-corrected chi connectivity index (χ2v) is 4.99. The van der Waals surface area contributed by atoms with Gasteiger partial charge in [-0.3, -0.25) is 4.79 Å². The van der Waals surface area contributed by atoms with Crippen molar-refractivity contribution in [2.45, 2.75) is 25.7 Å². The van der Waals surface area contributed by atoms with Gasteiger partial charge in [0.25, 0.3) is 5.56 Å². The maximum Gasteiger partial charge on any atom is 0.285 e. The van der Waals surface area contributed by atoms with E-state index < -0.39 is 0 Å². The van der Waals surface area contributed by atoms with Crippen LogP contribution in [-0.2, 0) is 0 Å². The monoisotopic (exact) mass is 257 g/mol. The first kappa shape index (κ1) is 12.4.